The average Bonchev–Trinajstić information content (AvgIpc) is 2.70. The van der Waals surface area contributed by atoms with Crippen molar-refractivity contribution in [2.45, 2.75) is 6.18 Å². The number of aromatic nitrogens is 1. The van der Waals surface area contributed by atoms with Crippen molar-refractivity contribution in [3.63, 3.8) is 0 Å². The largest absolute Gasteiger partial charge is 0.457 e. The normalized spacial score (nSPS) is 10.9. The fraction of sp³-hybridized carbons (Fsp3) is 0.0500. The summed E-state index contributed by atoms with van der Waals surface area (Å²) in [5.41, 5.74) is 4.61. The number of alkyl halides is 3. The molecule has 0 atom stereocenters. The molecular weight excluding hydrogens is 421 g/mol. The van der Waals surface area contributed by atoms with Gasteiger partial charge in [-0.3, -0.25) is 4.90 Å². The Balaban J connectivity index is 1.91. The molecule has 6 nitrogen and oxygen atoms in total. The van der Waals surface area contributed by atoms with Crippen molar-refractivity contribution in [2.24, 2.45) is 5.73 Å². The van der Waals surface area contributed by atoms with Crippen molar-refractivity contribution in [3.8, 4) is 17.6 Å². The molecule has 0 fully saturated rings. The van der Waals surface area contributed by atoms with Gasteiger partial charge in [-0.1, -0.05) is 11.6 Å². The summed E-state index contributed by atoms with van der Waals surface area (Å²) >= 11 is 5.63. The van der Waals surface area contributed by atoms with Crippen LogP contribution in [0.5, 0.6) is 11.5 Å². The predicted molar refractivity (Wildman–Crippen MR) is 104 cm³/mol. The van der Waals surface area contributed by atoms with Crippen molar-refractivity contribution in [2.75, 3.05) is 4.90 Å². The van der Waals surface area contributed by atoms with Crippen LogP contribution in [-0.4, -0.2) is 11.0 Å². The van der Waals surface area contributed by atoms with Crippen LogP contribution >= 0.6 is 11.6 Å². The molecule has 30 heavy (non-hydrogen) atoms. The Labute approximate surface area is 173 Å². The van der Waals surface area contributed by atoms with E-state index in [1.54, 1.807) is 6.07 Å². The standard InChI is InChI=1S/C20H12ClF3N4O2/c21-18-6-3-14(10-17(18)20(22,23)24)28(19(26)29)13-1-4-15(5-2-13)30-16-7-8-27-12(9-16)11-25/h1-10H,(H2,26,29). The molecule has 0 saturated heterocycles. The van der Waals surface area contributed by atoms with Gasteiger partial charge < -0.3 is 10.5 Å². The van der Waals surface area contributed by atoms with E-state index in [0.29, 0.717) is 11.5 Å². The first-order chi connectivity index (χ1) is 14.2. The van der Waals surface area contributed by atoms with Gasteiger partial charge in [-0.2, -0.15) is 18.4 Å². The lowest BCUT2D eigenvalue weighted by atomic mass is 10.1. The van der Waals surface area contributed by atoms with Crippen LogP contribution in [0.2, 0.25) is 5.02 Å². The lowest BCUT2D eigenvalue weighted by Gasteiger charge is -2.22. The highest BCUT2D eigenvalue weighted by molar-refractivity contribution is 6.31. The lowest BCUT2D eigenvalue weighted by Crippen LogP contribution is -2.31. The minimum atomic E-state index is -4.69. The molecule has 1 heterocycles. The number of hydrogen-bond acceptors (Lipinski definition) is 4. The highest BCUT2D eigenvalue weighted by atomic mass is 35.5. The molecule has 2 N–H and O–H groups in total. The van der Waals surface area contributed by atoms with Crippen LogP contribution in [0.3, 0.4) is 0 Å². The molecular formula is C20H12ClF3N4O2. The smallest absolute Gasteiger partial charge is 0.417 e. The monoisotopic (exact) mass is 432 g/mol. The van der Waals surface area contributed by atoms with Crippen LogP contribution in [0.25, 0.3) is 0 Å². The fourth-order valence-electron chi connectivity index (χ4n) is 2.61. The third kappa shape index (κ3) is 4.61. The highest BCUT2D eigenvalue weighted by Crippen LogP contribution is 2.38. The molecule has 0 bridgehead atoms. The first-order valence-electron chi connectivity index (χ1n) is 8.29. The van der Waals surface area contributed by atoms with E-state index in [0.717, 1.165) is 17.0 Å². The molecule has 2 aromatic carbocycles. The van der Waals surface area contributed by atoms with Gasteiger partial charge in [-0.25, -0.2) is 9.78 Å². The number of ether oxygens (including phenoxy) is 1. The summed E-state index contributed by atoms with van der Waals surface area (Å²) in [5, 5.41) is 8.38. The van der Waals surface area contributed by atoms with Gasteiger partial charge in [0, 0.05) is 12.3 Å². The van der Waals surface area contributed by atoms with Crippen molar-refractivity contribution in [3.05, 3.63) is 77.1 Å². The van der Waals surface area contributed by atoms with E-state index in [-0.39, 0.29) is 17.1 Å². The van der Waals surface area contributed by atoms with Crippen molar-refractivity contribution in [1.82, 2.24) is 4.98 Å². The molecule has 0 aliphatic heterocycles. The van der Waals surface area contributed by atoms with Crippen LogP contribution in [-0.2, 0) is 6.18 Å². The SMILES string of the molecule is N#Cc1cc(Oc2ccc(N(C(N)=O)c3ccc(Cl)c(C(F)(F)F)c3)cc2)ccn1. The summed E-state index contributed by atoms with van der Waals surface area (Å²) in [4.78, 5) is 16.7. The van der Waals surface area contributed by atoms with Gasteiger partial charge in [0.25, 0.3) is 0 Å². The van der Waals surface area contributed by atoms with Gasteiger partial charge in [0.1, 0.15) is 23.3 Å². The van der Waals surface area contributed by atoms with E-state index in [2.05, 4.69) is 4.98 Å². The zero-order chi connectivity index (χ0) is 21.9. The first-order valence-corrected chi connectivity index (χ1v) is 8.67. The number of primary amides is 1. The first kappa shape index (κ1) is 21.0. The molecule has 2 amide bonds. The van der Waals surface area contributed by atoms with E-state index in [1.165, 1.54) is 42.6 Å². The molecule has 0 spiro atoms. The van der Waals surface area contributed by atoms with Gasteiger partial charge in [-0.15, -0.1) is 0 Å². The van der Waals surface area contributed by atoms with Crippen molar-refractivity contribution < 1.29 is 22.7 Å². The average molecular weight is 433 g/mol. The van der Waals surface area contributed by atoms with Crippen LogP contribution in [0, 0.1) is 11.3 Å². The number of nitrogens with zero attached hydrogens (tertiary/aromatic N) is 3. The zero-order valence-electron chi connectivity index (χ0n) is 15.0. The molecule has 152 valence electrons. The maximum absolute atomic E-state index is 13.1. The van der Waals surface area contributed by atoms with Gasteiger partial charge in [0.05, 0.1) is 22.0 Å². The van der Waals surface area contributed by atoms with Gasteiger partial charge >= 0.3 is 12.2 Å². The van der Waals surface area contributed by atoms with Gasteiger partial charge in [-0.05, 0) is 48.5 Å². The lowest BCUT2D eigenvalue weighted by molar-refractivity contribution is -0.137. The Morgan fingerprint density at radius 3 is 2.33 bits per heavy atom. The number of rotatable bonds is 4. The molecule has 3 rings (SSSR count). The molecule has 0 radical (unpaired) electrons. The number of amides is 2. The number of pyridine rings is 1. The Morgan fingerprint density at radius 1 is 1.07 bits per heavy atom. The quantitative estimate of drug-likeness (QED) is 0.577. The Hall–Kier alpha value is -3.77. The number of carbonyl (C=O) groups is 1. The topological polar surface area (TPSA) is 92.2 Å². The van der Waals surface area contributed by atoms with Crippen LogP contribution in [0.15, 0.2) is 60.8 Å². The van der Waals surface area contributed by atoms with Crippen LogP contribution < -0.4 is 15.4 Å². The second-order valence-corrected chi connectivity index (χ2v) is 6.33. The van der Waals surface area contributed by atoms with E-state index < -0.39 is 22.8 Å². The summed E-state index contributed by atoms with van der Waals surface area (Å²) in [7, 11) is 0. The van der Waals surface area contributed by atoms with Crippen molar-refractivity contribution >= 4 is 29.0 Å². The number of halogens is 4. The molecule has 1 aromatic heterocycles. The maximum Gasteiger partial charge on any atom is 0.417 e. The second kappa shape index (κ2) is 8.31. The minimum Gasteiger partial charge on any atom is -0.457 e. The van der Waals surface area contributed by atoms with E-state index in [4.69, 9.17) is 27.3 Å². The molecule has 0 saturated carbocycles. The summed E-state index contributed by atoms with van der Waals surface area (Å²) in [5.74, 6) is 0.735. The van der Waals surface area contributed by atoms with Crippen LogP contribution in [0.4, 0.5) is 29.3 Å². The highest BCUT2D eigenvalue weighted by Gasteiger charge is 2.34. The third-order valence-electron chi connectivity index (χ3n) is 3.91. The Morgan fingerprint density at radius 2 is 1.73 bits per heavy atom. The number of hydrogen-bond donors (Lipinski definition) is 1. The third-order valence-corrected chi connectivity index (χ3v) is 4.24. The van der Waals surface area contributed by atoms with Gasteiger partial charge in [0.2, 0.25) is 0 Å². The molecule has 0 aliphatic carbocycles. The summed E-state index contributed by atoms with van der Waals surface area (Å²) in [6.45, 7) is 0. The fourth-order valence-corrected chi connectivity index (χ4v) is 2.83. The van der Waals surface area contributed by atoms with E-state index in [1.807, 2.05) is 6.07 Å². The summed E-state index contributed by atoms with van der Waals surface area (Å²) < 4.78 is 45.1. The summed E-state index contributed by atoms with van der Waals surface area (Å²) in [6.07, 6.45) is -3.28. The number of nitriles is 1. The number of carbonyl (C=O) groups excluding carboxylic acids is 1. The predicted octanol–water partition coefficient (Wildman–Crippen LogP) is 5.63. The second-order valence-electron chi connectivity index (χ2n) is 5.92. The Bertz CT molecular complexity index is 1130. The van der Waals surface area contributed by atoms with E-state index >= 15 is 0 Å². The minimum absolute atomic E-state index is 0.0966. The molecule has 10 heteroatoms. The number of benzene rings is 2. The van der Waals surface area contributed by atoms with Gasteiger partial charge in [0.15, 0.2) is 0 Å². The number of urea groups is 1. The molecule has 0 aliphatic rings. The number of anilines is 2. The van der Waals surface area contributed by atoms with E-state index in [9.17, 15) is 18.0 Å². The maximum atomic E-state index is 13.1. The zero-order valence-corrected chi connectivity index (χ0v) is 15.8. The molecule has 3 aromatic rings. The Kier molecular flexibility index (Phi) is 5.80. The molecule has 0 unspecified atom stereocenters. The van der Waals surface area contributed by atoms with Crippen LogP contribution in [0.1, 0.15) is 11.3 Å². The summed E-state index contributed by atoms with van der Waals surface area (Å²) in [6, 6.07) is 12.9. The number of nitrogens with two attached hydrogens (primary N) is 1. The van der Waals surface area contributed by atoms with Crippen molar-refractivity contribution in [1.29, 1.82) is 5.26 Å².